The van der Waals surface area contributed by atoms with Crippen LogP contribution in [0.5, 0.6) is 0 Å². The molecule has 1 saturated carbocycles. The Labute approximate surface area is 147 Å². The van der Waals surface area contributed by atoms with Gasteiger partial charge in [0.05, 0.1) is 23.4 Å². The molecule has 7 heteroatoms. The molecule has 1 atom stereocenters. The lowest BCUT2D eigenvalue weighted by Crippen LogP contribution is -2.39. The van der Waals surface area contributed by atoms with E-state index in [1.807, 2.05) is 4.68 Å². The third-order valence-corrected chi connectivity index (χ3v) is 5.16. The largest absolute Gasteiger partial charge is 0.481 e. The van der Waals surface area contributed by atoms with Crippen molar-refractivity contribution in [3.63, 3.8) is 0 Å². The number of hydrogen-bond acceptors (Lipinski definition) is 4. The van der Waals surface area contributed by atoms with E-state index in [0.717, 1.165) is 44.3 Å². The minimum Gasteiger partial charge on any atom is -0.481 e. The van der Waals surface area contributed by atoms with Crippen molar-refractivity contribution in [2.45, 2.75) is 51.5 Å². The molecule has 1 unspecified atom stereocenters. The molecule has 7 nitrogen and oxygen atoms in total. The molecule has 2 fully saturated rings. The molecular weight excluding hydrogens is 322 g/mol. The summed E-state index contributed by atoms with van der Waals surface area (Å²) < 4.78 is 7.24. The highest BCUT2D eigenvalue weighted by Crippen LogP contribution is 2.41. The second kappa shape index (κ2) is 7.99. The Hall–Kier alpha value is -1.89. The maximum absolute atomic E-state index is 12.6. The summed E-state index contributed by atoms with van der Waals surface area (Å²) in [6, 6.07) is 0. The molecule has 2 aliphatic rings. The summed E-state index contributed by atoms with van der Waals surface area (Å²) >= 11 is 0. The molecule has 0 aromatic carbocycles. The highest BCUT2D eigenvalue weighted by Gasteiger charge is 2.34. The number of ether oxygens (including phenoxy) is 1. The number of carboxylic acids is 1. The van der Waals surface area contributed by atoms with Crippen molar-refractivity contribution in [1.29, 1.82) is 0 Å². The first-order chi connectivity index (χ1) is 12.1. The molecule has 1 aliphatic heterocycles. The molecule has 3 rings (SSSR count). The van der Waals surface area contributed by atoms with Crippen molar-refractivity contribution in [2.24, 2.45) is 11.8 Å². The fourth-order valence-corrected chi connectivity index (χ4v) is 3.62. The number of hydrogen-bond donors (Lipinski definition) is 2. The maximum atomic E-state index is 12.6. The zero-order valence-corrected chi connectivity index (χ0v) is 14.7. The Morgan fingerprint density at radius 3 is 2.68 bits per heavy atom. The molecule has 138 valence electrons. The number of aliphatic carboxylic acids is 1. The van der Waals surface area contributed by atoms with Crippen LogP contribution in [-0.2, 0) is 16.1 Å². The molecule has 0 radical (unpaired) electrons. The summed E-state index contributed by atoms with van der Waals surface area (Å²) in [6.45, 7) is 4.24. The number of nitrogens with zero attached hydrogens (tertiary/aromatic N) is 2. The van der Waals surface area contributed by atoms with E-state index < -0.39 is 11.9 Å². The fraction of sp³-hybridized carbons (Fsp3) is 0.722. The second-order valence-corrected chi connectivity index (χ2v) is 7.05. The van der Waals surface area contributed by atoms with Crippen molar-refractivity contribution in [2.75, 3.05) is 19.8 Å². The SMILES string of the molecule is CCCn1ncc(C(=O)NCC(C(=O)O)C2CCOCC2)c1C1CC1. The standard InChI is InChI=1S/C18H27N3O4/c1-2-7-21-16(13-3-4-13)15(11-20-21)17(22)19-10-14(18(23)24)12-5-8-25-9-6-12/h11-14H,2-10H2,1H3,(H,19,22)(H,23,24). The van der Waals surface area contributed by atoms with Crippen molar-refractivity contribution in [1.82, 2.24) is 15.1 Å². The van der Waals surface area contributed by atoms with Gasteiger partial charge >= 0.3 is 5.97 Å². The first-order valence-electron chi connectivity index (χ1n) is 9.26. The molecular formula is C18H27N3O4. The van der Waals surface area contributed by atoms with Gasteiger partial charge in [0.15, 0.2) is 0 Å². The van der Waals surface area contributed by atoms with Gasteiger partial charge in [0, 0.05) is 32.2 Å². The van der Waals surface area contributed by atoms with Gasteiger partial charge in [-0.15, -0.1) is 0 Å². The minimum absolute atomic E-state index is 0.0530. The highest BCUT2D eigenvalue weighted by atomic mass is 16.5. The summed E-state index contributed by atoms with van der Waals surface area (Å²) in [7, 11) is 0. The summed E-state index contributed by atoms with van der Waals surface area (Å²) in [5.74, 6) is -1.15. The summed E-state index contributed by atoms with van der Waals surface area (Å²) in [5, 5.41) is 16.7. The van der Waals surface area contributed by atoms with Crippen LogP contribution in [0.3, 0.4) is 0 Å². The highest BCUT2D eigenvalue weighted by molar-refractivity contribution is 5.95. The van der Waals surface area contributed by atoms with Gasteiger partial charge in [0.1, 0.15) is 0 Å². The van der Waals surface area contributed by atoms with Gasteiger partial charge in [-0.3, -0.25) is 14.3 Å². The molecule has 1 amide bonds. The third kappa shape index (κ3) is 4.21. The van der Waals surface area contributed by atoms with Crippen LogP contribution < -0.4 is 5.32 Å². The molecule has 1 aromatic rings. The Balaban J connectivity index is 1.66. The number of amides is 1. The van der Waals surface area contributed by atoms with Crippen molar-refractivity contribution < 1.29 is 19.4 Å². The number of carbonyl (C=O) groups excluding carboxylic acids is 1. The Bertz CT molecular complexity index is 618. The number of aryl methyl sites for hydroxylation is 1. The van der Waals surface area contributed by atoms with Crippen LogP contribution in [0.4, 0.5) is 0 Å². The number of carboxylic acid groups (broad SMARTS) is 1. The van der Waals surface area contributed by atoms with E-state index >= 15 is 0 Å². The van der Waals surface area contributed by atoms with E-state index in [4.69, 9.17) is 4.74 Å². The molecule has 2 heterocycles. The number of rotatable bonds is 8. The van der Waals surface area contributed by atoms with Crippen molar-refractivity contribution in [3.05, 3.63) is 17.5 Å². The number of carbonyl (C=O) groups is 2. The predicted molar refractivity (Wildman–Crippen MR) is 91.5 cm³/mol. The van der Waals surface area contributed by atoms with E-state index in [1.165, 1.54) is 0 Å². The second-order valence-electron chi connectivity index (χ2n) is 7.05. The van der Waals surface area contributed by atoms with Crippen molar-refractivity contribution in [3.8, 4) is 0 Å². The molecule has 1 aromatic heterocycles. The van der Waals surface area contributed by atoms with Gasteiger partial charge in [-0.2, -0.15) is 5.10 Å². The zero-order valence-electron chi connectivity index (χ0n) is 14.7. The average Bonchev–Trinajstić information content (AvgIpc) is 3.36. The molecule has 1 saturated heterocycles. The fourth-order valence-electron chi connectivity index (χ4n) is 3.62. The van der Waals surface area contributed by atoms with Gasteiger partial charge in [0.2, 0.25) is 0 Å². The summed E-state index contributed by atoms with van der Waals surface area (Å²) in [5.41, 5.74) is 1.62. The predicted octanol–water partition coefficient (Wildman–Crippen LogP) is 2.03. The summed E-state index contributed by atoms with van der Waals surface area (Å²) in [6.07, 6.45) is 6.24. The van der Waals surface area contributed by atoms with E-state index in [0.29, 0.717) is 24.7 Å². The lowest BCUT2D eigenvalue weighted by molar-refractivity contribution is -0.144. The van der Waals surface area contributed by atoms with Gasteiger partial charge in [0.25, 0.3) is 5.91 Å². The van der Waals surface area contributed by atoms with E-state index in [2.05, 4.69) is 17.3 Å². The Morgan fingerprint density at radius 1 is 1.36 bits per heavy atom. The maximum Gasteiger partial charge on any atom is 0.308 e. The molecule has 2 N–H and O–H groups in total. The van der Waals surface area contributed by atoms with Gasteiger partial charge in [-0.05, 0) is 38.0 Å². The van der Waals surface area contributed by atoms with Crippen LogP contribution >= 0.6 is 0 Å². The molecule has 0 spiro atoms. The topological polar surface area (TPSA) is 93.5 Å². The third-order valence-electron chi connectivity index (χ3n) is 5.16. The molecule has 1 aliphatic carbocycles. The Kier molecular flexibility index (Phi) is 5.73. The molecule has 25 heavy (non-hydrogen) atoms. The summed E-state index contributed by atoms with van der Waals surface area (Å²) in [4.78, 5) is 24.3. The molecule has 0 bridgehead atoms. The lowest BCUT2D eigenvalue weighted by atomic mass is 9.86. The van der Waals surface area contributed by atoms with Crippen LogP contribution in [0.2, 0.25) is 0 Å². The Morgan fingerprint density at radius 2 is 2.08 bits per heavy atom. The van der Waals surface area contributed by atoms with Crippen LogP contribution in [0.25, 0.3) is 0 Å². The van der Waals surface area contributed by atoms with E-state index in [1.54, 1.807) is 6.20 Å². The zero-order chi connectivity index (χ0) is 17.8. The quantitative estimate of drug-likeness (QED) is 0.749. The van der Waals surface area contributed by atoms with Crippen LogP contribution in [-0.4, -0.2) is 46.5 Å². The van der Waals surface area contributed by atoms with E-state index in [9.17, 15) is 14.7 Å². The monoisotopic (exact) mass is 349 g/mol. The number of aromatic nitrogens is 2. The first kappa shape index (κ1) is 17.9. The van der Waals surface area contributed by atoms with E-state index in [-0.39, 0.29) is 18.4 Å². The first-order valence-corrected chi connectivity index (χ1v) is 9.26. The average molecular weight is 349 g/mol. The minimum atomic E-state index is -0.851. The van der Waals surface area contributed by atoms with Gasteiger partial charge < -0.3 is 15.2 Å². The normalized spacial score (nSPS) is 19.6. The van der Waals surface area contributed by atoms with Crippen LogP contribution in [0.1, 0.15) is 61.0 Å². The van der Waals surface area contributed by atoms with Gasteiger partial charge in [-0.1, -0.05) is 6.92 Å². The number of nitrogens with one attached hydrogen (secondary N) is 1. The van der Waals surface area contributed by atoms with Crippen LogP contribution in [0.15, 0.2) is 6.20 Å². The smallest absolute Gasteiger partial charge is 0.308 e. The van der Waals surface area contributed by atoms with Gasteiger partial charge in [-0.25, -0.2) is 0 Å². The van der Waals surface area contributed by atoms with Crippen molar-refractivity contribution >= 4 is 11.9 Å². The lowest BCUT2D eigenvalue weighted by Gasteiger charge is -2.27. The van der Waals surface area contributed by atoms with Crippen LogP contribution in [0, 0.1) is 11.8 Å².